The van der Waals surface area contributed by atoms with Crippen LogP contribution >= 0.6 is 11.6 Å². The molecule has 4 rings (SSSR count). The summed E-state index contributed by atoms with van der Waals surface area (Å²) in [5, 5.41) is 7.96. The van der Waals surface area contributed by atoms with Crippen LogP contribution in [0.3, 0.4) is 0 Å². The van der Waals surface area contributed by atoms with Crippen molar-refractivity contribution in [1.29, 1.82) is 0 Å². The Morgan fingerprint density at radius 2 is 1.86 bits per heavy atom. The molecule has 0 atom stereocenters. The molecule has 2 aromatic heterocycles. The van der Waals surface area contributed by atoms with E-state index in [9.17, 15) is 9.59 Å². The summed E-state index contributed by atoms with van der Waals surface area (Å²) in [5.74, 6) is -0.344. The summed E-state index contributed by atoms with van der Waals surface area (Å²) in [6.45, 7) is 1.85. The van der Waals surface area contributed by atoms with Gasteiger partial charge < -0.3 is 10.1 Å². The van der Waals surface area contributed by atoms with Crippen molar-refractivity contribution in [1.82, 2.24) is 19.2 Å². The van der Waals surface area contributed by atoms with E-state index in [1.807, 2.05) is 18.2 Å². The summed E-state index contributed by atoms with van der Waals surface area (Å²) in [5.41, 5.74) is 0.898. The summed E-state index contributed by atoms with van der Waals surface area (Å²) in [4.78, 5) is 29.7. The summed E-state index contributed by atoms with van der Waals surface area (Å²) in [7, 11) is 0. The first-order valence-electron chi connectivity index (χ1n) is 8.85. The molecule has 0 spiro atoms. The largest absolute Gasteiger partial charge is 0.460 e. The fourth-order valence-corrected chi connectivity index (χ4v) is 2.94. The molecule has 0 unspecified atom stereocenters. The second-order valence-corrected chi connectivity index (χ2v) is 6.47. The third kappa shape index (κ3) is 3.70. The summed E-state index contributed by atoms with van der Waals surface area (Å²) < 4.78 is 7.62. The summed E-state index contributed by atoms with van der Waals surface area (Å²) >= 11 is 5.91. The molecular formula is C20H16ClN5O3. The smallest absolute Gasteiger partial charge is 0.376 e. The maximum Gasteiger partial charge on any atom is 0.376 e. The number of nitrogens with one attached hydrogen (secondary N) is 1. The topological polar surface area (TPSA) is 90.5 Å². The van der Waals surface area contributed by atoms with E-state index in [1.165, 1.54) is 10.7 Å². The zero-order chi connectivity index (χ0) is 20.4. The average Bonchev–Trinajstić information content (AvgIpc) is 3.11. The molecule has 0 amide bonds. The van der Waals surface area contributed by atoms with Crippen LogP contribution in [0.5, 0.6) is 0 Å². The zero-order valence-electron chi connectivity index (χ0n) is 15.4. The van der Waals surface area contributed by atoms with Gasteiger partial charge in [0.15, 0.2) is 0 Å². The molecule has 2 aromatic carbocycles. The van der Waals surface area contributed by atoms with Crippen LogP contribution in [0, 0.1) is 0 Å². The van der Waals surface area contributed by atoms with Crippen molar-refractivity contribution in [3.05, 3.63) is 81.9 Å². The van der Waals surface area contributed by atoms with Crippen molar-refractivity contribution in [3.63, 3.8) is 0 Å². The number of anilines is 2. The second kappa shape index (κ2) is 7.76. The lowest BCUT2D eigenvalue weighted by Crippen LogP contribution is -2.20. The standard InChI is InChI=1S/C20H16ClN5O3/c1-2-29-19(28)18-24-26(15-6-4-3-5-7-15)20-23-16(12-17(27)25(18)20)22-14-10-8-13(21)9-11-14/h3-12,22H,2H2,1H3. The molecule has 0 aliphatic heterocycles. The Kier molecular flexibility index (Phi) is 5.01. The van der Waals surface area contributed by atoms with Gasteiger partial charge in [0.25, 0.3) is 5.56 Å². The quantitative estimate of drug-likeness (QED) is 0.508. The van der Waals surface area contributed by atoms with Crippen LogP contribution in [-0.4, -0.2) is 31.7 Å². The molecule has 29 heavy (non-hydrogen) atoms. The lowest BCUT2D eigenvalue weighted by molar-refractivity contribution is 0.0509. The number of esters is 1. The zero-order valence-corrected chi connectivity index (χ0v) is 16.1. The maximum absolute atomic E-state index is 12.8. The van der Waals surface area contributed by atoms with Crippen molar-refractivity contribution in [2.45, 2.75) is 6.92 Å². The van der Waals surface area contributed by atoms with Gasteiger partial charge >= 0.3 is 5.97 Å². The van der Waals surface area contributed by atoms with Gasteiger partial charge in [-0.2, -0.15) is 9.67 Å². The predicted octanol–water partition coefficient (Wildman–Crippen LogP) is 3.45. The normalized spacial score (nSPS) is 10.8. The van der Waals surface area contributed by atoms with Gasteiger partial charge in [-0.15, -0.1) is 5.10 Å². The number of halogens is 1. The van der Waals surface area contributed by atoms with Crippen LogP contribution in [0.2, 0.25) is 5.02 Å². The van der Waals surface area contributed by atoms with E-state index >= 15 is 0 Å². The van der Waals surface area contributed by atoms with Crippen LogP contribution in [0.15, 0.2) is 65.5 Å². The molecule has 0 aliphatic carbocycles. The van der Waals surface area contributed by atoms with Gasteiger partial charge in [-0.25, -0.2) is 9.20 Å². The van der Waals surface area contributed by atoms with Crippen molar-refractivity contribution >= 4 is 34.9 Å². The molecule has 0 bridgehead atoms. The van der Waals surface area contributed by atoms with Gasteiger partial charge in [0, 0.05) is 16.8 Å². The van der Waals surface area contributed by atoms with Crippen molar-refractivity contribution in [2.75, 3.05) is 11.9 Å². The number of aromatic nitrogens is 4. The highest BCUT2D eigenvalue weighted by atomic mass is 35.5. The van der Waals surface area contributed by atoms with Crippen LogP contribution < -0.4 is 10.9 Å². The van der Waals surface area contributed by atoms with Crippen LogP contribution in [-0.2, 0) is 4.74 Å². The lowest BCUT2D eigenvalue weighted by atomic mass is 10.3. The fourth-order valence-electron chi connectivity index (χ4n) is 2.81. The van der Waals surface area contributed by atoms with Crippen molar-refractivity contribution < 1.29 is 9.53 Å². The summed E-state index contributed by atoms with van der Waals surface area (Å²) in [6.07, 6.45) is 0. The van der Waals surface area contributed by atoms with Gasteiger partial charge in [-0.05, 0) is 43.3 Å². The Morgan fingerprint density at radius 3 is 2.55 bits per heavy atom. The number of para-hydroxylation sites is 1. The number of carbonyl (C=O) groups excluding carboxylic acids is 1. The molecule has 2 heterocycles. The average molecular weight is 410 g/mol. The van der Waals surface area contributed by atoms with E-state index in [-0.39, 0.29) is 18.2 Å². The summed E-state index contributed by atoms with van der Waals surface area (Å²) in [6, 6.07) is 17.4. The van der Waals surface area contributed by atoms with Crippen molar-refractivity contribution in [2.24, 2.45) is 0 Å². The Morgan fingerprint density at radius 1 is 1.14 bits per heavy atom. The van der Waals surface area contributed by atoms with E-state index < -0.39 is 11.5 Å². The molecule has 0 aliphatic rings. The minimum atomic E-state index is -0.700. The molecule has 0 saturated heterocycles. The Hall–Kier alpha value is -3.65. The number of nitrogens with zero attached hydrogens (tertiary/aromatic N) is 4. The Bertz CT molecular complexity index is 1230. The van der Waals surface area contributed by atoms with Gasteiger partial charge in [0.1, 0.15) is 5.82 Å². The minimum Gasteiger partial charge on any atom is -0.460 e. The second-order valence-electron chi connectivity index (χ2n) is 6.04. The van der Waals surface area contributed by atoms with E-state index in [1.54, 1.807) is 43.3 Å². The fraction of sp³-hybridized carbons (Fsp3) is 0.100. The minimum absolute atomic E-state index is 0.138. The van der Waals surface area contributed by atoms with Gasteiger partial charge in [-0.1, -0.05) is 29.8 Å². The molecule has 146 valence electrons. The van der Waals surface area contributed by atoms with E-state index in [0.717, 1.165) is 4.40 Å². The number of hydrogen-bond acceptors (Lipinski definition) is 6. The van der Waals surface area contributed by atoms with E-state index in [2.05, 4.69) is 15.4 Å². The van der Waals surface area contributed by atoms with Gasteiger partial charge in [0.2, 0.25) is 11.6 Å². The Balaban J connectivity index is 1.89. The highest BCUT2D eigenvalue weighted by molar-refractivity contribution is 6.30. The monoisotopic (exact) mass is 409 g/mol. The first-order chi connectivity index (χ1) is 14.1. The van der Waals surface area contributed by atoms with E-state index in [0.29, 0.717) is 22.2 Å². The first kappa shape index (κ1) is 18.7. The first-order valence-corrected chi connectivity index (χ1v) is 9.22. The predicted molar refractivity (Wildman–Crippen MR) is 109 cm³/mol. The number of ether oxygens (including phenoxy) is 1. The maximum atomic E-state index is 12.8. The number of benzene rings is 2. The molecule has 0 radical (unpaired) electrons. The SMILES string of the molecule is CCOC(=O)c1nn(-c2ccccc2)c2nc(Nc3ccc(Cl)cc3)cc(=O)n12. The molecule has 9 heteroatoms. The molecule has 0 saturated carbocycles. The molecule has 1 N–H and O–H groups in total. The van der Waals surface area contributed by atoms with Crippen LogP contribution in [0.1, 0.15) is 17.5 Å². The van der Waals surface area contributed by atoms with Gasteiger partial charge in [0.05, 0.1) is 12.3 Å². The van der Waals surface area contributed by atoms with Crippen molar-refractivity contribution in [3.8, 4) is 5.69 Å². The molecule has 8 nitrogen and oxygen atoms in total. The van der Waals surface area contributed by atoms with Crippen LogP contribution in [0.25, 0.3) is 11.5 Å². The molecule has 4 aromatic rings. The number of carbonyl (C=O) groups is 1. The van der Waals surface area contributed by atoms with Gasteiger partial charge in [-0.3, -0.25) is 4.79 Å². The number of fused-ring (bicyclic) bond motifs is 1. The molecule has 0 fully saturated rings. The highest BCUT2D eigenvalue weighted by Crippen LogP contribution is 2.19. The third-order valence-corrected chi connectivity index (χ3v) is 4.32. The lowest BCUT2D eigenvalue weighted by Gasteiger charge is -2.07. The third-order valence-electron chi connectivity index (χ3n) is 4.07. The highest BCUT2D eigenvalue weighted by Gasteiger charge is 2.22. The Labute approximate surface area is 170 Å². The molecular weight excluding hydrogens is 394 g/mol. The van der Waals surface area contributed by atoms with E-state index in [4.69, 9.17) is 16.3 Å². The number of hydrogen-bond donors (Lipinski definition) is 1. The number of rotatable bonds is 5. The van der Waals surface area contributed by atoms with Crippen LogP contribution in [0.4, 0.5) is 11.5 Å².